The lowest BCUT2D eigenvalue weighted by molar-refractivity contribution is 0.102. The third kappa shape index (κ3) is 4.40. The summed E-state index contributed by atoms with van der Waals surface area (Å²) in [5, 5.41) is 0. The zero-order chi connectivity index (χ0) is 11.0. The Kier molecular flexibility index (Phi) is 7.15. The highest BCUT2D eigenvalue weighted by Crippen LogP contribution is 2.15. The maximum atomic E-state index is 5.78. The summed E-state index contributed by atoms with van der Waals surface area (Å²) in [5.74, 6) is 0. The largest absolute Gasteiger partial charge is 0.382 e. The van der Waals surface area contributed by atoms with Crippen molar-refractivity contribution in [3.05, 3.63) is 0 Å². The molecule has 3 nitrogen and oxygen atoms in total. The van der Waals surface area contributed by atoms with Crippen LogP contribution in [-0.4, -0.2) is 43.8 Å². The van der Waals surface area contributed by atoms with Crippen molar-refractivity contribution >= 4 is 0 Å². The Hall–Kier alpha value is -0.120. The standard InChI is InChI=1S/C11H26N2O/c1-5-11(3,10-12)13(4)8-7-9-14-6-2/h5-10,12H2,1-4H3. The monoisotopic (exact) mass is 202 g/mol. The fourth-order valence-electron chi connectivity index (χ4n) is 1.39. The van der Waals surface area contributed by atoms with E-state index in [4.69, 9.17) is 10.5 Å². The van der Waals surface area contributed by atoms with Crippen molar-refractivity contribution in [3.63, 3.8) is 0 Å². The van der Waals surface area contributed by atoms with Crippen LogP contribution in [-0.2, 0) is 4.74 Å². The Morgan fingerprint density at radius 3 is 2.43 bits per heavy atom. The first-order valence-electron chi connectivity index (χ1n) is 5.59. The van der Waals surface area contributed by atoms with Crippen LogP contribution < -0.4 is 5.73 Å². The van der Waals surface area contributed by atoms with Gasteiger partial charge >= 0.3 is 0 Å². The van der Waals surface area contributed by atoms with E-state index in [1.807, 2.05) is 6.92 Å². The van der Waals surface area contributed by atoms with Crippen molar-refractivity contribution < 1.29 is 4.74 Å². The molecule has 86 valence electrons. The average Bonchev–Trinajstić information content (AvgIpc) is 2.22. The third-order valence-corrected chi connectivity index (χ3v) is 3.11. The predicted molar refractivity (Wildman–Crippen MR) is 61.5 cm³/mol. The molecule has 0 bridgehead atoms. The number of nitrogens with two attached hydrogens (primary N) is 1. The zero-order valence-corrected chi connectivity index (χ0v) is 10.2. The Bertz CT molecular complexity index is 135. The first-order valence-corrected chi connectivity index (χ1v) is 5.59. The Morgan fingerprint density at radius 1 is 1.36 bits per heavy atom. The van der Waals surface area contributed by atoms with E-state index in [9.17, 15) is 0 Å². The van der Waals surface area contributed by atoms with Gasteiger partial charge in [0.2, 0.25) is 0 Å². The molecule has 0 aromatic carbocycles. The molecule has 0 aliphatic heterocycles. The highest BCUT2D eigenvalue weighted by molar-refractivity contribution is 4.83. The lowest BCUT2D eigenvalue weighted by Gasteiger charge is -2.37. The van der Waals surface area contributed by atoms with Crippen molar-refractivity contribution in [1.29, 1.82) is 0 Å². The van der Waals surface area contributed by atoms with E-state index >= 15 is 0 Å². The van der Waals surface area contributed by atoms with E-state index < -0.39 is 0 Å². The van der Waals surface area contributed by atoms with Gasteiger partial charge in [-0.3, -0.25) is 4.90 Å². The number of nitrogens with zero attached hydrogens (tertiary/aromatic N) is 1. The molecule has 0 aliphatic rings. The van der Waals surface area contributed by atoms with E-state index in [0.717, 1.165) is 32.6 Å². The van der Waals surface area contributed by atoms with E-state index in [2.05, 4.69) is 25.8 Å². The van der Waals surface area contributed by atoms with Crippen molar-refractivity contribution in [1.82, 2.24) is 4.90 Å². The van der Waals surface area contributed by atoms with Crippen molar-refractivity contribution in [2.45, 2.75) is 39.2 Å². The van der Waals surface area contributed by atoms with Crippen LogP contribution in [0.4, 0.5) is 0 Å². The first kappa shape index (κ1) is 13.9. The average molecular weight is 202 g/mol. The lowest BCUT2D eigenvalue weighted by atomic mass is 9.97. The van der Waals surface area contributed by atoms with E-state index in [1.165, 1.54) is 0 Å². The van der Waals surface area contributed by atoms with Gasteiger partial charge in [-0.1, -0.05) is 6.92 Å². The van der Waals surface area contributed by atoms with E-state index in [0.29, 0.717) is 6.54 Å². The molecule has 2 N–H and O–H groups in total. The second-order valence-corrected chi connectivity index (χ2v) is 4.03. The van der Waals surface area contributed by atoms with E-state index in [1.54, 1.807) is 0 Å². The van der Waals surface area contributed by atoms with Crippen molar-refractivity contribution in [3.8, 4) is 0 Å². The summed E-state index contributed by atoms with van der Waals surface area (Å²) in [4.78, 5) is 2.34. The molecule has 1 unspecified atom stereocenters. The van der Waals surface area contributed by atoms with Crippen molar-refractivity contribution in [2.75, 3.05) is 33.4 Å². The molecule has 3 heteroatoms. The van der Waals surface area contributed by atoms with Crippen LogP contribution in [0, 0.1) is 0 Å². The van der Waals surface area contributed by atoms with Gasteiger partial charge in [0.05, 0.1) is 0 Å². The fourth-order valence-corrected chi connectivity index (χ4v) is 1.39. The SMILES string of the molecule is CCOCCCN(C)C(C)(CC)CN. The Balaban J connectivity index is 3.75. The van der Waals surface area contributed by atoms with Gasteiger partial charge in [-0.25, -0.2) is 0 Å². The quantitative estimate of drug-likeness (QED) is 0.606. The molecule has 0 saturated carbocycles. The summed E-state index contributed by atoms with van der Waals surface area (Å²) in [7, 11) is 2.14. The maximum absolute atomic E-state index is 5.78. The summed E-state index contributed by atoms with van der Waals surface area (Å²) < 4.78 is 5.31. The molecule has 0 rings (SSSR count). The first-order chi connectivity index (χ1) is 6.60. The van der Waals surface area contributed by atoms with Crippen LogP contribution in [0.1, 0.15) is 33.6 Å². The van der Waals surface area contributed by atoms with Crippen LogP contribution in [0.25, 0.3) is 0 Å². The molecule has 14 heavy (non-hydrogen) atoms. The predicted octanol–water partition coefficient (Wildman–Crippen LogP) is 1.47. The molecule has 0 heterocycles. The summed E-state index contributed by atoms with van der Waals surface area (Å²) in [6, 6.07) is 0. The highest BCUT2D eigenvalue weighted by Gasteiger charge is 2.24. The minimum Gasteiger partial charge on any atom is -0.382 e. The topological polar surface area (TPSA) is 38.5 Å². The van der Waals surface area contributed by atoms with Gasteiger partial charge in [-0.05, 0) is 33.7 Å². The van der Waals surface area contributed by atoms with Crippen LogP contribution in [0.2, 0.25) is 0 Å². The Labute approximate surface area is 88.6 Å². The third-order valence-electron chi connectivity index (χ3n) is 3.11. The minimum atomic E-state index is 0.145. The van der Waals surface area contributed by atoms with Crippen LogP contribution in [0.5, 0.6) is 0 Å². The summed E-state index contributed by atoms with van der Waals surface area (Å²) in [6.45, 7) is 9.87. The molecule has 0 aromatic heterocycles. The number of hydrogen-bond donors (Lipinski definition) is 1. The van der Waals surface area contributed by atoms with Gasteiger partial charge < -0.3 is 10.5 Å². The van der Waals surface area contributed by atoms with E-state index in [-0.39, 0.29) is 5.54 Å². The fraction of sp³-hybridized carbons (Fsp3) is 1.00. The normalized spacial score (nSPS) is 15.9. The maximum Gasteiger partial charge on any atom is 0.0478 e. The van der Waals surface area contributed by atoms with Gasteiger partial charge in [0, 0.05) is 31.8 Å². The van der Waals surface area contributed by atoms with Crippen LogP contribution in [0.15, 0.2) is 0 Å². The summed E-state index contributed by atoms with van der Waals surface area (Å²) >= 11 is 0. The smallest absolute Gasteiger partial charge is 0.0478 e. The molecule has 0 aliphatic carbocycles. The van der Waals surface area contributed by atoms with Crippen molar-refractivity contribution in [2.24, 2.45) is 5.73 Å². The molecular formula is C11H26N2O. The molecule has 0 fully saturated rings. The zero-order valence-electron chi connectivity index (χ0n) is 10.2. The highest BCUT2D eigenvalue weighted by atomic mass is 16.5. The van der Waals surface area contributed by atoms with Gasteiger partial charge in [0.25, 0.3) is 0 Å². The molecule has 0 amide bonds. The summed E-state index contributed by atoms with van der Waals surface area (Å²) in [6.07, 6.45) is 2.18. The number of ether oxygens (including phenoxy) is 1. The molecule has 0 saturated heterocycles. The molecule has 0 spiro atoms. The Morgan fingerprint density at radius 2 is 2.00 bits per heavy atom. The molecule has 0 aromatic rings. The van der Waals surface area contributed by atoms with Gasteiger partial charge in [0.1, 0.15) is 0 Å². The molecular weight excluding hydrogens is 176 g/mol. The second kappa shape index (κ2) is 7.21. The number of likely N-dealkylation sites (N-methyl/N-ethyl adjacent to an activating group) is 1. The molecule has 0 radical (unpaired) electrons. The minimum absolute atomic E-state index is 0.145. The summed E-state index contributed by atoms with van der Waals surface area (Å²) in [5.41, 5.74) is 5.92. The van der Waals surface area contributed by atoms with Gasteiger partial charge in [0.15, 0.2) is 0 Å². The molecule has 1 atom stereocenters. The van der Waals surface area contributed by atoms with Crippen LogP contribution >= 0.6 is 0 Å². The number of rotatable bonds is 8. The van der Waals surface area contributed by atoms with Gasteiger partial charge in [-0.15, -0.1) is 0 Å². The van der Waals surface area contributed by atoms with Crippen LogP contribution in [0.3, 0.4) is 0 Å². The lowest BCUT2D eigenvalue weighted by Crippen LogP contribution is -2.49. The van der Waals surface area contributed by atoms with Gasteiger partial charge in [-0.2, -0.15) is 0 Å². The second-order valence-electron chi connectivity index (χ2n) is 4.03. The number of hydrogen-bond acceptors (Lipinski definition) is 3.